The average molecular weight is 460 g/mol. The summed E-state index contributed by atoms with van der Waals surface area (Å²) in [5.41, 5.74) is 3.45. The van der Waals surface area contributed by atoms with Crippen molar-refractivity contribution < 1.29 is 9.59 Å². The summed E-state index contributed by atoms with van der Waals surface area (Å²) < 4.78 is 3.28. The summed E-state index contributed by atoms with van der Waals surface area (Å²) >= 11 is 1.46. The van der Waals surface area contributed by atoms with Crippen molar-refractivity contribution in [2.24, 2.45) is 0 Å². The molecule has 0 aliphatic carbocycles. The van der Waals surface area contributed by atoms with Crippen LogP contribution in [-0.4, -0.2) is 36.8 Å². The van der Waals surface area contributed by atoms with Gasteiger partial charge in [-0.2, -0.15) is 5.10 Å². The lowest BCUT2D eigenvalue weighted by molar-refractivity contribution is -0.116. The molecule has 1 unspecified atom stereocenters. The van der Waals surface area contributed by atoms with E-state index in [1.807, 2.05) is 31.2 Å². The third kappa shape index (κ3) is 3.95. The smallest absolute Gasteiger partial charge is 0.265 e. The van der Waals surface area contributed by atoms with Gasteiger partial charge >= 0.3 is 0 Å². The quantitative estimate of drug-likeness (QED) is 0.360. The third-order valence-electron chi connectivity index (χ3n) is 5.61. The number of fused-ring (bicyclic) bond motifs is 2. The summed E-state index contributed by atoms with van der Waals surface area (Å²) in [6.07, 6.45) is 1.69. The lowest BCUT2D eigenvalue weighted by Crippen LogP contribution is -2.27. The number of hydrogen-bond acceptors (Lipinski definition) is 6. The van der Waals surface area contributed by atoms with Gasteiger partial charge in [-0.3, -0.25) is 19.0 Å². The molecule has 166 valence electrons. The predicted octanol–water partition coefficient (Wildman–Crippen LogP) is 3.77. The summed E-state index contributed by atoms with van der Waals surface area (Å²) in [6.45, 7) is 3.49. The van der Waals surface area contributed by atoms with E-state index < -0.39 is 0 Å². The number of nitrogens with zero attached hydrogens (tertiary/aromatic N) is 4. The number of hydrogen-bond donors (Lipinski definition) is 1. The molecule has 5 rings (SSSR count). The molecule has 3 heterocycles. The van der Waals surface area contributed by atoms with Crippen molar-refractivity contribution >= 4 is 40.2 Å². The maximum Gasteiger partial charge on any atom is 0.265 e. The maximum atomic E-state index is 13.3. The summed E-state index contributed by atoms with van der Waals surface area (Å²) in [5.74, 6) is 0.353. The van der Waals surface area contributed by atoms with Crippen molar-refractivity contribution in [1.29, 1.82) is 0 Å². The summed E-state index contributed by atoms with van der Waals surface area (Å²) in [4.78, 5) is 42.1. The molecule has 1 amide bonds. The summed E-state index contributed by atoms with van der Waals surface area (Å²) in [5, 5.41) is 8.25. The Hall–Kier alpha value is -3.72. The Morgan fingerprint density at radius 2 is 1.97 bits per heavy atom. The molecular formula is C24H21N5O3S. The number of thioether (sulfide) groups is 1. The van der Waals surface area contributed by atoms with Gasteiger partial charge in [0.2, 0.25) is 5.91 Å². The van der Waals surface area contributed by atoms with Gasteiger partial charge in [-0.25, -0.2) is 9.67 Å². The molecule has 0 fully saturated rings. The number of nitrogens with one attached hydrogen (secondary N) is 1. The van der Waals surface area contributed by atoms with E-state index >= 15 is 0 Å². The van der Waals surface area contributed by atoms with Crippen LogP contribution in [0, 0.1) is 6.92 Å². The molecule has 2 aromatic carbocycles. The van der Waals surface area contributed by atoms with E-state index in [1.165, 1.54) is 24.9 Å². The minimum absolute atomic E-state index is 0.0311. The van der Waals surface area contributed by atoms with Crippen LogP contribution in [0.3, 0.4) is 0 Å². The zero-order chi connectivity index (χ0) is 23.1. The molecule has 1 N–H and O–H groups in total. The van der Waals surface area contributed by atoms with Crippen LogP contribution in [0.25, 0.3) is 16.7 Å². The van der Waals surface area contributed by atoms with E-state index in [-0.39, 0.29) is 29.7 Å². The lowest BCUT2D eigenvalue weighted by atomic mass is 10.1. The molecule has 0 spiro atoms. The SMILES string of the molecule is CC(=O)c1ccc(NC(=O)CC2CSc3nc4c(cnn4-c4cccc(C)c4)c(=O)n32)cc1. The van der Waals surface area contributed by atoms with Crippen molar-refractivity contribution in [1.82, 2.24) is 19.3 Å². The van der Waals surface area contributed by atoms with Crippen LogP contribution >= 0.6 is 11.8 Å². The standard InChI is InChI=1S/C24H21N5O3S/c1-14-4-3-5-18(10-14)29-22-20(12-25-29)23(32)28-19(13-33-24(28)27-22)11-21(31)26-17-8-6-16(7-9-17)15(2)30/h3-10,12,19H,11,13H2,1-2H3,(H,26,31). The second-order valence-corrected chi connectivity index (χ2v) is 9.04. The van der Waals surface area contributed by atoms with Gasteiger partial charge in [0.1, 0.15) is 5.39 Å². The van der Waals surface area contributed by atoms with Gasteiger partial charge in [-0.05, 0) is 55.8 Å². The van der Waals surface area contributed by atoms with Crippen LogP contribution in [0.2, 0.25) is 0 Å². The van der Waals surface area contributed by atoms with E-state index in [1.54, 1.807) is 33.5 Å². The van der Waals surface area contributed by atoms with Crippen LogP contribution < -0.4 is 10.9 Å². The molecule has 0 saturated carbocycles. The number of carbonyl (C=O) groups is 2. The molecule has 1 aliphatic heterocycles. The fourth-order valence-corrected chi connectivity index (χ4v) is 5.07. The number of Topliss-reactive ketones (excluding diaryl/α,β-unsaturated/α-hetero) is 1. The van der Waals surface area contributed by atoms with E-state index in [0.29, 0.717) is 33.2 Å². The van der Waals surface area contributed by atoms with Gasteiger partial charge < -0.3 is 5.32 Å². The van der Waals surface area contributed by atoms with Crippen LogP contribution in [-0.2, 0) is 4.79 Å². The lowest BCUT2D eigenvalue weighted by Gasteiger charge is -2.13. The highest BCUT2D eigenvalue weighted by molar-refractivity contribution is 7.99. The van der Waals surface area contributed by atoms with Crippen molar-refractivity contribution in [2.45, 2.75) is 31.5 Å². The van der Waals surface area contributed by atoms with E-state index in [0.717, 1.165) is 11.3 Å². The monoisotopic (exact) mass is 459 g/mol. The predicted molar refractivity (Wildman–Crippen MR) is 127 cm³/mol. The molecule has 0 saturated heterocycles. The zero-order valence-electron chi connectivity index (χ0n) is 18.1. The number of aryl methyl sites for hydroxylation is 1. The second kappa shape index (κ2) is 8.32. The maximum absolute atomic E-state index is 13.3. The van der Waals surface area contributed by atoms with Gasteiger partial charge in [-0.15, -0.1) is 0 Å². The molecule has 0 bridgehead atoms. The molecule has 4 aromatic rings. The van der Waals surface area contributed by atoms with E-state index in [4.69, 9.17) is 4.98 Å². The van der Waals surface area contributed by atoms with Crippen molar-refractivity contribution in [3.05, 3.63) is 76.2 Å². The average Bonchev–Trinajstić information content (AvgIpc) is 3.39. The number of carbonyl (C=O) groups excluding carboxylic acids is 2. The topological polar surface area (TPSA) is 98.9 Å². The number of aromatic nitrogens is 4. The first-order chi connectivity index (χ1) is 15.9. The van der Waals surface area contributed by atoms with Gasteiger partial charge in [-0.1, -0.05) is 23.9 Å². The fourth-order valence-electron chi connectivity index (χ4n) is 3.94. The number of benzene rings is 2. The normalized spacial score (nSPS) is 14.9. The molecule has 1 atom stereocenters. The number of rotatable bonds is 5. The Morgan fingerprint density at radius 3 is 2.70 bits per heavy atom. The largest absolute Gasteiger partial charge is 0.326 e. The van der Waals surface area contributed by atoms with Gasteiger partial charge in [0.25, 0.3) is 5.56 Å². The highest BCUT2D eigenvalue weighted by Gasteiger charge is 2.29. The first kappa shape index (κ1) is 21.1. The summed E-state index contributed by atoms with van der Waals surface area (Å²) in [6, 6.07) is 14.3. The van der Waals surface area contributed by atoms with Crippen LogP contribution in [0.15, 0.2) is 64.7 Å². The Morgan fingerprint density at radius 1 is 1.18 bits per heavy atom. The number of ketones is 1. The third-order valence-corrected chi connectivity index (χ3v) is 6.71. The molecule has 9 heteroatoms. The highest BCUT2D eigenvalue weighted by atomic mass is 32.2. The molecule has 33 heavy (non-hydrogen) atoms. The molecule has 0 radical (unpaired) electrons. The van der Waals surface area contributed by atoms with Gasteiger partial charge in [0.05, 0.1) is 17.9 Å². The van der Waals surface area contributed by atoms with E-state index in [9.17, 15) is 14.4 Å². The van der Waals surface area contributed by atoms with Gasteiger partial charge in [0.15, 0.2) is 16.6 Å². The van der Waals surface area contributed by atoms with Crippen molar-refractivity contribution in [2.75, 3.05) is 11.1 Å². The molecule has 8 nitrogen and oxygen atoms in total. The second-order valence-electron chi connectivity index (χ2n) is 8.05. The molecule has 1 aliphatic rings. The zero-order valence-corrected chi connectivity index (χ0v) is 18.9. The van der Waals surface area contributed by atoms with E-state index in [2.05, 4.69) is 10.4 Å². The Balaban J connectivity index is 1.40. The molecular weight excluding hydrogens is 438 g/mol. The Bertz CT molecular complexity index is 1460. The number of anilines is 1. The Kier molecular flexibility index (Phi) is 5.33. The highest BCUT2D eigenvalue weighted by Crippen LogP contribution is 2.33. The van der Waals surface area contributed by atoms with Gasteiger partial charge in [0, 0.05) is 23.4 Å². The first-order valence-electron chi connectivity index (χ1n) is 10.5. The van der Waals surface area contributed by atoms with Crippen LogP contribution in [0.5, 0.6) is 0 Å². The minimum atomic E-state index is -0.298. The molecule has 2 aromatic heterocycles. The van der Waals surface area contributed by atoms with Crippen LogP contribution in [0.1, 0.15) is 35.3 Å². The van der Waals surface area contributed by atoms with Crippen LogP contribution in [0.4, 0.5) is 5.69 Å². The van der Waals surface area contributed by atoms with Crippen molar-refractivity contribution in [3.8, 4) is 5.69 Å². The number of amides is 1. The Labute approximate surface area is 193 Å². The first-order valence-corrected chi connectivity index (χ1v) is 11.5. The fraction of sp³-hybridized carbons (Fsp3) is 0.208. The minimum Gasteiger partial charge on any atom is -0.326 e. The summed E-state index contributed by atoms with van der Waals surface area (Å²) in [7, 11) is 0. The van der Waals surface area contributed by atoms with Crippen molar-refractivity contribution in [3.63, 3.8) is 0 Å².